The van der Waals surface area contributed by atoms with Crippen LogP contribution < -0.4 is 14.4 Å². The highest BCUT2D eigenvalue weighted by Crippen LogP contribution is 2.46. The number of carbonyl (C=O) groups is 1. The molecule has 2 aliphatic carbocycles. The van der Waals surface area contributed by atoms with Crippen LogP contribution in [-0.2, 0) is 21.9 Å². The fourth-order valence-electron chi connectivity index (χ4n) is 7.73. The Morgan fingerprint density at radius 2 is 2.02 bits per heavy atom. The third kappa shape index (κ3) is 5.46. The number of aliphatic hydroxyl groups is 1. The molecule has 2 N–H and O–H groups in total. The molecule has 2 bridgehead atoms. The second-order valence-corrected chi connectivity index (χ2v) is 15.2. The van der Waals surface area contributed by atoms with Crippen molar-refractivity contribution in [3.05, 3.63) is 70.3 Å². The molecule has 2 aliphatic heterocycles. The van der Waals surface area contributed by atoms with Gasteiger partial charge in [0.1, 0.15) is 5.75 Å². The number of ether oxygens (including phenoxy) is 1. The molecule has 2 heterocycles. The summed E-state index contributed by atoms with van der Waals surface area (Å²) < 4.78 is 35.6. The highest BCUT2D eigenvalue weighted by Gasteiger charge is 2.44. The number of allylic oxidation sites excluding steroid dienone is 1. The van der Waals surface area contributed by atoms with Crippen LogP contribution in [0.3, 0.4) is 0 Å². The van der Waals surface area contributed by atoms with Crippen molar-refractivity contribution in [1.82, 2.24) is 4.72 Å². The van der Waals surface area contributed by atoms with E-state index in [1.165, 1.54) is 11.1 Å². The summed E-state index contributed by atoms with van der Waals surface area (Å²) in [7, 11) is -3.92. The van der Waals surface area contributed by atoms with Crippen LogP contribution in [0.15, 0.2) is 48.6 Å². The number of amides is 1. The van der Waals surface area contributed by atoms with Gasteiger partial charge in [0, 0.05) is 29.1 Å². The molecular weight excluding hydrogens is 572 g/mol. The average molecular weight is 613 g/mol. The second kappa shape index (κ2) is 11.5. The van der Waals surface area contributed by atoms with Gasteiger partial charge in [-0.3, -0.25) is 4.79 Å². The van der Waals surface area contributed by atoms with Crippen molar-refractivity contribution in [1.29, 1.82) is 0 Å². The number of hydrogen-bond donors (Lipinski definition) is 2. The lowest BCUT2D eigenvalue weighted by molar-refractivity contribution is 0.0456. The molecule has 1 amide bonds. The maximum atomic E-state index is 13.4. The number of nitrogens with zero attached hydrogens (tertiary/aromatic N) is 1. The SMILES string of the molecule is CC[C@@H]1[C@@H](C)C/C=C\[C@H](O)[C@@H]2CC[C@H]2CN2C[C@@]3(CCCc4cc(Cl)ccc43)COc3ccc(cc32)C(=O)NS1(=O)=O. The van der Waals surface area contributed by atoms with Crippen molar-refractivity contribution < 1.29 is 23.1 Å². The van der Waals surface area contributed by atoms with Gasteiger partial charge in [0.05, 0.1) is 23.6 Å². The van der Waals surface area contributed by atoms with E-state index >= 15 is 0 Å². The molecule has 0 saturated heterocycles. The number of rotatable bonds is 1. The van der Waals surface area contributed by atoms with Crippen LogP contribution in [0.4, 0.5) is 5.69 Å². The van der Waals surface area contributed by atoms with Crippen molar-refractivity contribution in [2.45, 2.75) is 75.6 Å². The zero-order chi connectivity index (χ0) is 29.6. The Hall–Kier alpha value is -2.55. The van der Waals surface area contributed by atoms with Crippen LogP contribution in [0.1, 0.15) is 73.9 Å². The van der Waals surface area contributed by atoms with Crippen LogP contribution in [0, 0.1) is 17.8 Å². The molecule has 0 aromatic heterocycles. The van der Waals surface area contributed by atoms with Crippen molar-refractivity contribution in [3.8, 4) is 5.75 Å². The number of anilines is 1. The zero-order valence-electron chi connectivity index (χ0n) is 24.4. The molecule has 1 saturated carbocycles. The lowest BCUT2D eigenvalue weighted by Gasteiger charge is -2.45. The summed E-state index contributed by atoms with van der Waals surface area (Å²) in [5.74, 6) is 0.258. The van der Waals surface area contributed by atoms with Gasteiger partial charge in [-0.05, 0) is 104 Å². The minimum Gasteiger partial charge on any atom is -0.490 e. The first-order valence-corrected chi connectivity index (χ1v) is 17.2. The fraction of sp³-hybridized carbons (Fsp3) is 0.545. The Bertz CT molecular complexity index is 1490. The number of fused-ring (bicyclic) bond motifs is 4. The molecule has 6 rings (SSSR count). The predicted molar refractivity (Wildman–Crippen MR) is 166 cm³/mol. The molecule has 9 heteroatoms. The zero-order valence-corrected chi connectivity index (χ0v) is 26.0. The molecule has 1 spiro atoms. The number of carbonyl (C=O) groups excluding carboxylic acids is 1. The number of sulfonamides is 1. The fourth-order valence-corrected chi connectivity index (χ4v) is 9.61. The van der Waals surface area contributed by atoms with Crippen LogP contribution in [0.2, 0.25) is 5.02 Å². The molecule has 2 aromatic carbocycles. The predicted octanol–water partition coefficient (Wildman–Crippen LogP) is 5.63. The Morgan fingerprint density at radius 3 is 2.79 bits per heavy atom. The molecule has 42 heavy (non-hydrogen) atoms. The number of aliphatic hydroxyl groups excluding tert-OH is 1. The van der Waals surface area contributed by atoms with Gasteiger partial charge in [0.2, 0.25) is 10.0 Å². The largest absolute Gasteiger partial charge is 0.490 e. The molecule has 2 aromatic rings. The summed E-state index contributed by atoms with van der Waals surface area (Å²) in [6.45, 7) is 5.62. The summed E-state index contributed by atoms with van der Waals surface area (Å²) in [5.41, 5.74) is 3.34. The van der Waals surface area contributed by atoms with E-state index in [-0.39, 0.29) is 28.7 Å². The van der Waals surface area contributed by atoms with Gasteiger partial charge in [-0.25, -0.2) is 13.1 Å². The van der Waals surface area contributed by atoms with Crippen LogP contribution in [-0.4, -0.2) is 50.5 Å². The number of aryl methyl sites for hydroxylation is 1. The molecule has 4 aliphatic rings. The number of halogens is 1. The maximum Gasteiger partial charge on any atom is 0.264 e. The molecule has 0 radical (unpaired) electrons. The minimum absolute atomic E-state index is 0.127. The van der Waals surface area contributed by atoms with E-state index in [1.54, 1.807) is 18.2 Å². The lowest BCUT2D eigenvalue weighted by Crippen LogP contribution is -2.49. The van der Waals surface area contributed by atoms with Crippen LogP contribution in [0.25, 0.3) is 0 Å². The molecular formula is C33H41ClN2O5S. The van der Waals surface area contributed by atoms with Crippen molar-refractivity contribution >= 4 is 33.2 Å². The highest BCUT2D eigenvalue weighted by atomic mass is 35.5. The van der Waals surface area contributed by atoms with Crippen LogP contribution in [0.5, 0.6) is 5.75 Å². The number of nitrogens with one attached hydrogen (secondary N) is 1. The number of hydrogen-bond acceptors (Lipinski definition) is 6. The first kappa shape index (κ1) is 29.5. The smallest absolute Gasteiger partial charge is 0.264 e. The Morgan fingerprint density at radius 1 is 1.19 bits per heavy atom. The van der Waals surface area contributed by atoms with E-state index < -0.39 is 27.3 Å². The molecule has 226 valence electrons. The van der Waals surface area contributed by atoms with E-state index in [9.17, 15) is 18.3 Å². The third-order valence-electron chi connectivity index (χ3n) is 10.2. The van der Waals surface area contributed by atoms with Gasteiger partial charge in [0.15, 0.2) is 0 Å². The molecule has 7 nitrogen and oxygen atoms in total. The summed E-state index contributed by atoms with van der Waals surface area (Å²) >= 11 is 6.39. The first-order chi connectivity index (χ1) is 20.1. The molecule has 1 fully saturated rings. The van der Waals surface area contributed by atoms with Crippen molar-refractivity contribution in [3.63, 3.8) is 0 Å². The standard InChI is InChI=1S/C33H41ClN2O5S/c1-3-31-21(2)6-4-8-29(37)26-12-9-24(26)18-36-19-33(15-5-7-22-16-25(34)11-13-27(22)33)20-41-30-14-10-23(17-28(30)36)32(38)35-42(31,39)40/h4,8,10-11,13-14,16-17,21,24,26,29,31,37H,3,5-7,9,12,15,18-20H2,1-2H3,(H,35,38)/b8-4-/t21-,24-,26+,29-,31+,33-/m0/s1. The van der Waals surface area contributed by atoms with E-state index in [1.807, 2.05) is 32.1 Å². The van der Waals surface area contributed by atoms with E-state index in [0.29, 0.717) is 38.3 Å². The van der Waals surface area contributed by atoms with Crippen molar-refractivity contribution in [2.75, 3.05) is 24.6 Å². The first-order valence-electron chi connectivity index (χ1n) is 15.3. The maximum absolute atomic E-state index is 13.4. The average Bonchev–Trinajstić information content (AvgIpc) is 3.07. The minimum atomic E-state index is -3.92. The molecule has 6 atom stereocenters. The normalized spacial score (nSPS) is 33.3. The monoisotopic (exact) mass is 612 g/mol. The summed E-state index contributed by atoms with van der Waals surface area (Å²) in [6, 6.07) is 11.4. The van der Waals surface area contributed by atoms with Gasteiger partial charge in [0.25, 0.3) is 5.91 Å². The Labute approximate surface area is 254 Å². The van der Waals surface area contributed by atoms with Gasteiger partial charge < -0.3 is 14.7 Å². The quantitative estimate of drug-likeness (QED) is 0.405. The van der Waals surface area contributed by atoms with Gasteiger partial charge in [-0.1, -0.05) is 43.7 Å². The van der Waals surface area contributed by atoms with E-state index in [4.69, 9.17) is 16.3 Å². The second-order valence-electron chi connectivity index (χ2n) is 12.8. The Kier molecular flexibility index (Phi) is 8.09. The summed E-state index contributed by atoms with van der Waals surface area (Å²) in [6.07, 6.45) is 9.00. The third-order valence-corrected chi connectivity index (χ3v) is 12.5. The lowest BCUT2D eigenvalue weighted by atomic mass is 9.68. The Balaban J connectivity index is 1.42. The van der Waals surface area contributed by atoms with Gasteiger partial charge in [-0.2, -0.15) is 0 Å². The van der Waals surface area contributed by atoms with E-state index in [2.05, 4.69) is 21.8 Å². The molecule has 0 unspecified atom stereocenters. The van der Waals surface area contributed by atoms with Crippen molar-refractivity contribution in [2.24, 2.45) is 17.8 Å². The summed E-state index contributed by atoms with van der Waals surface area (Å²) in [4.78, 5) is 15.7. The van der Waals surface area contributed by atoms with E-state index in [0.717, 1.165) is 42.8 Å². The summed E-state index contributed by atoms with van der Waals surface area (Å²) in [5, 5.41) is 11.2. The van der Waals surface area contributed by atoms with Gasteiger partial charge in [-0.15, -0.1) is 0 Å². The number of benzene rings is 2. The van der Waals surface area contributed by atoms with Crippen LogP contribution >= 0.6 is 11.6 Å². The highest BCUT2D eigenvalue weighted by molar-refractivity contribution is 7.90. The topological polar surface area (TPSA) is 95.9 Å². The van der Waals surface area contributed by atoms with Gasteiger partial charge >= 0.3 is 0 Å².